The molecular formula is C18H24N4O3. The van der Waals surface area contributed by atoms with E-state index in [9.17, 15) is 9.59 Å². The number of hydrogen-bond donors (Lipinski definition) is 1. The summed E-state index contributed by atoms with van der Waals surface area (Å²) < 4.78 is 5.32. The van der Waals surface area contributed by atoms with Crippen molar-refractivity contribution in [2.24, 2.45) is 5.92 Å². The molecule has 7 nitrogen and oxygen atoms in total. The topological polar surface area (TPSA) is 88.3 Å². The van der Waals surface area contributed by atoms with Crippen LogP contribution in [0.1, 0.15) is 43.4 Å². The minimum atomic E-state index is -0.283. The fraction of sp³-hybridized carbons (Fsp3) is 0.444. The highest BCUT2D eigenvalue weighted by Crippen LogP contribution is 2.10. The fourth-order valence-corrected chi connectivity index (χ4v) is 2.14. The molecule has 0 bridgehead atoms. The lowest BCUT2D eigenvalue weighted by atomic mass is 10.1. The van der Waals surface area contributed by atoms with Gasteiger partial charge in [-0.25, -0.2) is 4.98 Å². The highest BCUT2D eigenvalue weighted by molar-refractivity contribution is 5.92. The third-order valence-electron chi connectivity index (χ3n) is 3.99. The number of nitrogens with zero attached hydrogens (tertiary/aromatic N) is 3. The van der Waals surface area contributed by atoms with Crippen LogP contribution in [0, 0.1) is 5.92 Å². The predicted molar refractivity (Wildman–Crippen MR) is 92.5 cm³/mol. The van der Waals surface area contributed by atoms with E-state index < -0.39 is 0 Å². The van der Waals surface area contributed by atoms with Crippen LogP contribution in [0.25, 0.3) is 0 Å². The summed E-state index contributed by atoms with van der Waals surface area (Å²) in [4.78, 5) is 34.3. The van der Waals surface area contributed by atoms with Gasteiger partial charge in [-0.2, -0.15) is 0 Å². The molecule has 0 aliphatic carbocycles. The lowest BCUT2D eigenvalue weighted by molar-refractivity contribution is -0.122. The molecule has 0 fully saturated rings. The van der Waals surface area contributed by atoms with Crippen molar-refractivity contribution in [3.05, 3.63) is 48.4 Å². The number of carbonyl (C=O) groups is 2. The fourth-order valence-electron chi connectivity index (χ4n) is 2.14. The largest absolute Gasteiger partial charge is 0.467 e. The van der Waals surface area contributed by atoms with Crippen molar-refractivity contribution in [1.29, 1.82) is 0 Å². The standard InChI is InChI=1S/C18H24N4O3/c1-13(2)14(3)21-17(23)6-9-22(12-15-5-4-10-25-15)18(24)16-11-19-7-8-20-16/h4-5,7-8,10-11,13-14H,6,9,12H2,1-3H3,(H,21,23)/t14-/m1/s1. The Morgan fingerprint density at radius 1 is 1.28 bits per heavy atom. The van der Waals surface area contributed by atoms with Crippen LogP contribution in [0.5, 0.6) is 0 Å². The zero-order valence-corrected chi connectivity index (χ0v) is 14.8. The summed E-state index contributed by atoms with van der Waals surface area (Å²) in [5.74, 6) is 0.629. The maximum atomic E-state index is 12.7. The summed E-state index contributed by atoms with van der Waals surface area (Å²) in [7, 11) is 0. The number of carbonyl (C=O) groups excluding carboxylic acids is 2. The first-order valence-corrected chi connectivity index (χ1v) is 8.34. The second-order valence-electron chi connectivity index (χ2n) is 6.25. The van der Waals surface area contributed by atoms with Crippen LogP contribution >= 0.6 is 0 Å². The Balaban J connectivity index is 2.02. The molecule has 0 aromatic carbocycles. The lowest BCUT2D eigenvalue weighted by Crippen LogP contribution is -2.39. The van der Waals surface area contributed by atoms with Gasteiger partial charge in [-0.3, -0.25) is 14.6 Å². The smallest absolute Gasteiger partial charge is 0.274 e. The van der Waals surface area contributed by atoms with Gasteiger partial charge in [0.15, 0.2) is 0 Å². The van der Waals surface area contributed by atoms with Crippen molar-refractivity contribution in [3.8, 4) is 0 Å². The van der Waals surface area contributed by atoms with Crippen molar-refractivity contribution in [2.45, 2.75) is 39.8 Å². The molecule has 25 heavy (non-hydrogen) atoms. The predicted octanol–water partition coefficient (Wildman–Crippen LogP) is 2.26. The van der Waals surface area contributed by atoms with E-state index >= 15 is 0 Å². The molecule has 2 heterocycles. The van der Waals surface area contributed by atoms with Crippen LogP contribution in [-0.4, -0.2) is 39.3 Å². The average molecular weight is 344 g/mol. The minimum Gasteiger partial charge on any atom is -0.467 e. The van der Waals surface area contributed by atoms with Crippen molar-refractivity contribution < 1.29 is 14.0 Å². The molecule has 0 spiro atoms. The van der Waals surface area contributed by atoms with E-state index in [0.717, 1.165) is 0 Å². The molecule has 2 rings (SSSR count). The quantitative estimate of drug-likeness (QED) is 0.793. The minimum absolute atomic E-state index is 0.0849. The van der Waals surface area contributed by atoms with Crippen LogP contribution in [0.2, 0.25) is 0 Å². The van der Waals surface area contributed by atoms with Gasteiger partial charge in [0.1, 0.15) is 11.5 Å². The van der Waals surface area contributed by atoms with E-state index in [4.69, 9.17) is 4.42 Å². The van der Waals surface area contributed by atoms with Crippen LogP contribution < -0.4 is 5.32 Å². The maximum Gasteiger partial charge on any atom is 0.274 e. The van der Waals surface area contributed by atoms with Gasteiger partial charge >= 0.3 is 0 Å². The summed E-state index contributed by atoms with van der Waals surface area (Å²) in [6.07, 6.45) is 6.16. The lowest BCUT2D eigenvalue weighted by Gasteiger charge is -2.22. The molecule has 0 aliphatic heterocycles. The van der Waals surface area contributed by atoms with Gasteiger partial charge in [0.25, 0.3) is 5.91 Å². The highest BCUT2D eigenvalue weighted by atomic mass is 16.3. The molecule has 0 saturated carbocycles. The third-order valence-corrected chi connectivity index (χ3v) is 3.99. The van der Waals surface area contributed by atoms with Crippen LogP contribution in [-0.2, 0) is 11.3 Å². The molecule has 2 aromatic rings. The van der Waals surface area contributed by atoms with Gasteiger partial charge in [0.2, 0.25) is 5.91 Å². The second-order valence-corrected chi connectivity index (χ2v) is 6.25. The normalized spacial score (nSPS) is 12.0. The van der Waals surface area contributed by atoms with Gasteiger partial charge in [-0.1, -0.05) is 13.8 Å². The molecule has 0 saturated heterocycles. The summed E-state index contributed by atoms with van der Waals surface area (Å²) in [5.41, 5.74) is 0.241. The molecule has 2 amide bonds. The van der Waals surface area contributed by atoms with Gasteiger partial charge in [0.05, 0.1) is 19.0 Å². The summed E-state index contributed by atoms with van der Waals surface area (Å²) in [5, 5.41) is 2.94. The zero-order valence-electron chi connectivity index (χ0n) is 14.8. The van der Waals surface area contributed by atoms with E-state index in [1.54, 1.807) is 23.3 Å². The van der Waals surface area contributed by atoms with E-state index in [-0.39, 0.29) is 43.1 Å². The second kappa shape index (κ2) is 8.96. The van der Waals surface area contributed by atoms with Crippen LogP contribution in [0.4, 0.5) is 0 Å². The number of amides is 2. The zero-order chi connectivity index (χ0) is 18.2. The van der Waals surface area contributed by atoms with Crippen molar-refractivity contribution in [3.63, 3.8) is 0 Å². The Morgan fingerprint density at radius 2 is 2.08 bits per heavy atom. The van der Waals surface area contributed by atoms with Crippen LogP contribution in [0.15, 0.2) is 41.4 Å². The third kappa shape index (κ3) is 5.70. The Kier molecular flexibility index (Phi) is 6.68. The Hall–Kier alpha value is -2.70. The number of nitrogens with one attached hydrogen (secondary N) is 1. The molecule has 134 valence electrons. The first-order valence-electron chi connectivity index (χ1n) is 8.34. The van der Waals surface area contributed by atoms with Crippen molar-refractivity contribution in [2.75, 3.05) is 6.54 Å². The van der Waals surface area contributed by atoms with E-state index in [2.05, 4.69) is 15.3 Å². The Bertz CT molecular complexity index is 671. The monoisotopic (exact) mass is 344 g/mol. The Morgan fingerprint density at radius 3 is 2.68 bits per heavy atom. The van der Waals surface area contributed by atoms with Crippen LogP contribution in [0.3, 0.4) is 0 Å². The number of furan rings is 1. The summed E-state index contributed by atoms with van der Waals surface area (Å²) in [6.45, 7) is 6.60. The number of aromatic nitrogens is 2. The number of hydrogen-bond acceptors (Lipinski definition) is 5. The first kappa shape index (κ1) is 18.6. The first-order chi connectivity index (χ1) is 12.0. The van der Waals surface area contributed by atoms with E-state index in [0.29, 0.717) is 11.7 Å². The van der Waals surface area contributed by atoms with Crippen molar-refractivity contribution in [1.82, 2.24) is 20.2 Å². The van der Waals surface area contributed by atoms with Gasteiger partial charge in [-0.15, -0.1) is 0 Å². The highest BCUT2D eigenvalue weighted by Gasteiger charge is 2.20. The molecule has 2 aromatic heterocycles. The molecule has 0 radical (unpaired) electrons. The van der Waals surface area contributed by atoms with Gasteiger partial charge in [0, 0.05) is 31.4 Å². The summed E-state index contributed by atoms with van der Waals surface area (Å²) in [6, 6.07) is 3.64. The average Bonchev–Trinajstić information content (AvgIpc) is 3.11. The molecular weight excluding hydrogens is 320 g/mol. The van der Waals surface area contributed by atoms with E-state index in [1.807, 2.05) is 20.8 Å². The van der Waals surface area contributed by atoms with Crippen molar-refractivity contribution >= 4 is 11.8 Å². The van der Waals surface area contributed by atoms with Gasteiger partial charge in [-0.05, 0) is 25.0 Å². The van der Waals surface area contributed by atoms with Gasteiger partial charge < -0.3 is 14.6 Å². The molecule has 1 atom stereocenters. The molecule has 0 unspecified atom stereocenters. The summed E-state index contributed by atoms with van der Waals surface area (Å²) >= 11 is 0. The number of rotatable bonds is 8. The SMILES string of the molecule is CC(C)[C@@H](C)NC(=O)CCN(Cc1ccco1)C(=O)c1cnccn1. The van der Waals surface area contributed by atoms with E-state index in [1.165, 1.54) is 18.6 Å². The molecule has 0 aliphatic rings. The Labute approximate surface area is 147 Å². The maximum absolute atomic E-state index is 12.7. The molecule has 1 N–H and O–H groups in total. The molecule has 7 heteroatoms.